The lowest BCUT2D eigenvalue weighted by Gasteiger charge is -2.05. The molecule has 0 aliphatic rings. The molecule has 19 heavy (non-hydrogen) atoms. The average molecular weight is 272 g/mol. The van der Waals surface area contributed by atoms with Crippen LogP contribution < -0.4 is 4.74 Å². The number of aryl methyl sites for hydroxylation is 1. The largest absolute Gasteiger partial charge is 0.489 e. The third-order valence-electron chi connectivity index (χ3n) is 3.02. The van der Waals surface area contributed by atoms with Crippen molar-refractivity contribution >= 4 is 21.4 Å². The Kier molecular flexibility index (Phi) is 3.22. The molecule has 0 bridgehead atoms. The van der Waals surface area contributed by atoms with Gasteiger partial charge in [-0.05, 0) is 48.0 Å². The summed E-state index contributed by atoms with van der Waals surface area (Å²) in [4.78, 5) is 0. The fraction of sp³-hybridized carbons (Fsp3) is 0.125. The van der Waals surface area contributed by atoms with Crippen LogP contribution in [-0.2, 0) is 6.61 Å². The van der Waals surface area contributed by atoms with Crippen LogP contribution >= 0.6 is 11.3 Å². The highest BCUT2D eigenvalue weighted by molar-refractivity contribution is 7.17. The van der Waals surface area contributed by atoms with Crippen molar-refractivity contribution < 1.29 is 9.13 Å². The predicted molar refractivity (Wildman–Crippen MR) is 77.3 cm³/mol. The van der Waals surface area contributed by atoms with Gasteiger partial charge in [-0.2, -0.15) is 0 Å². The minimum atomic E-state index is -0.246. The van der Waals surface area contributed by atoms with Gasteiger partial charge in [-0.25, -0.2) is 4.39 Å². The van der Waals surface area contributed by atoms with Gasteiger partial charge in [-0.3, -0.25) is 0 Å². The number of benzene rings is 2. The van der Waals surface area contributed by atoms with Crippen LogP contribution in [0.5, 0.6) is 5.75 Å². The molecule has 1 aromatic heterocycles. The van der Waals surface area contributed by atoms with E-state index in [-0.39, 0.29) is 5.82 Å². The predicted octanol–water partition coefficient (Wildman–Crippen LogP) is 4.93. The van der Waals surface area contributed by atoms with Crippen molar-refractivity contribution in [3.8, 4) is 5.75 Å². The van der Waals surface area contributed by atoms with Crippen LogP contribution in [0.2, 0.25) is 0 Å². The van der Waals surface area contributed by atoms with E-state index in [1.807, 2.05) is 0 Å². The lowest BCUT2D eigenvalue weighted by atomic mass is 10.1. The van der Waals surface area contributed by atoms with E-state index in [0.29, 0.717) is 12.4 Å². The molecule has 0 aliphatic heterocycles. The standard InChI is InChI=1S/C16H13FOS/c1-11-2-7-16-15(8-11)12(10-19-16)9-18-14-5-3-13(17)4-6-14/h2-8,10H,9H2,1H3. The second-order valence-electron chi connectivity index (χ2n) is 4.50. The van der Waals surface area contributed by atoms with Gasteiger partial charge < -0.3 is 4.74 Å². The van der Waals surface area contributed by atoms with Gasteiger partial charge in [0.1, 0.15) is 18.2 Å². The molecule has 0 spiro atoms. The molecule has 1 heterocycles. The zero-order valence-corrected chi connectivity index (χ0v) is 11.3. The summed E-state index contributed by atoms with van der Waals surface area (Å²) >= 11 is 1.72. The fourth-order valence-electron chi connectivity index (χ4n) is 2.00. The van der Waals surface area contributed by atoms with Crippen molar-refractivity contribution in [1.82, 2.24) is 0 Å². The molecule has 96 valence electrons. The lowest BCUT2D eigenvalue weighted by molar-refractivity contribution is 0.307. The Labute approximate surface area is 115 Å². The molecule has 3 heteroatoms. The quantitative estimate of drug-likeness (QED) is 0.657. The lowest BCUT2D eigenvalue weighted by Crippen LogP contribution is -1.94. The second-order valence-corrected chi connectivity index (χ2v) is 5.41. The number of rotatable bonds is 3. The molecular weight excluding hydrogens is 259 g/mol. The fourth-order valence-corrected chi connectivity index (χ4v) is 2.93. The molecule has 0 radical (unpaired) electrons. The first kappa shape index (κ1) is 12.2. The monoisotopic (exact) mass is 272 g/mol. The van der Waals surface area contributed by atoms with E-state index in [1.54, 1.807) is 23.5 Å². The number of halogens is 1. The summed E-state index contributed by atoms with van der Waals surface area (Å²) in [5, 5.41) is 3.36. The Morgan fingerprint density at radius 3 is 2.68 bits per heavy atom. The van der Waals surface area contributed by atoms with Gasteiger partial charge in [0.05, 0.1) is 0 Å². The molecule has 0 atom stereocenters. The summed E-state index contributed by atoms with van der Waals surface area (Å²) in [7, 11) is 0. The molecular formula is C16H13FOS. The smallest absolute Gasteiger partial charge is 0.123 e. The molecule has 0 saturated carbocycles. The third-order valence-corrected chi connectivity index (χ3v) is 4.03. The van der Waals surface area contributed by atoms with Crippen LogP contribution in [0, 0.1) is 12.7 Å². The second kappa shape index (κ2) is 5.02. The van der Waals surface area contributed by atoms with Gasteiger partial charge in [0, 0.05) is 10.3 Å². The number of hydrogen-bond donors (Lipinski definition) is 0. The summed E-state index contributed by atoms with van der Waals surface area (Å²) < 4.78 is 19.8. The van der Waals surface area contributed by atoms with E-state index in [9.17, 15) is 4.39 Å². The van der Waals surface area contributed by atoms with Crippen molar-refractivity contribution in [3.63, 3.8) is 0 Å². The molecule has 3 rings (SSSR count). The van der Waals surface area contributed by atoms with E-state index in [2.05, 4.69) is 30.5 Å². The van der Waals surface area contributed by atoms with Crippen molar-refractivity contribution in [3.05, 3.63) is 64.8 Å². The third kappa shape index (κ3) is 2.61. The number of hydrogen-bond acceptors (Lipinski definition) is 2. The Hall–Kier alpha value is -1.87. The highest BCUT2D eigenvalue weighted by atomic mass is 32.1. The van der Waals surface area contributed by atoms with Crippen LogP contribution in [-0.4, -0.2) is 0 Å². The van der Waals surface area contributed by atoms with Crippen LogP contribution in [0.15, 0.2) is 47.8 Å². The zero-order valence-electron chi connectivity index (χ0n) is 10.5. The summed E-state index contributed by atoms with van der Waals surface area (Å²) in [6.07, 6.45) is 0. The van der Waals surface area contributed by atoms with Crippen LogP contribution in [0.1, 0.15) is 11.1 Å². The molecule has 3 aromatic rings. The van der Waals surface area contributed by atoms with Crippen molar-refractivity contribution in [2.24, 2.45) is 0 Å². The first-order valence-electron chi connectivity index (χ1n) is 6.07. The summed E-state index contributed by atoms with van der Waals surface area (Å²) in [6.45, 7) is 2.59. The maximum absolute atomic E-state index is 12.8. The van der Waals surface area contributed by atoms with Gasteiger partial charge in [0.15, 0.2) is 0 Å². The van der Waals surface area contributed by atoms with Crippen molar-refractivity contribution in [2.75, 3.05) is 0 Å². The Bertz CT molecular complexity index is 700. The molecule has 1 nitrogen and oxygen atoms in total. The van der Waals surface area contributed by atoms with Gasteiger partial charge >= 0.3 is 0 Å². The Morgan fingerprint density at radius 2 is 1.89 bits per heavy atom. The molecule has 0 aliphatic carbocycles. The maximum Gasteiger partial charge on any atom is 0.123 e. The van der Waals surface area contributed by atoms with Gasteiger partial charge in [-0.1, -0.05) is 17.7 Å². The van der Waals surface area contributed by atoms with E-state index in [0.717, 1.165) is 0 Å². The van der Waals surface area contributed by atoms with Gasteiger partial charge in [0.2, 0.25) is 0 Å². The molecule has 0 saturated heterocycles. The highest BCUT2D eigenvalue weighted by Gasteiger charge is 2.05. The Balaban J connectivity index is 1.81. The normalized spacial score (nSPS) is 10.8. The van der Waals surface area contributed by atoms with Gasteiger partial charge in [-0.15, -0.1) is 11.3 Å². The van der Waals surface area contributed by atoms with E-state index in [4.69, 9.17) is 4.74 Å². The number of ether oxygens (including phenoxy) is 1. The topological polar surface area (TPSA) is 9.23 Å². The van der Waals surface area contributed by atoms with E-state index >= 15 is 0 Å². The average Bonchev–Trinajstić information content (AvgIpc) is 2.80. The van der Waals surface area contributed by atoms with Crippen molar-refractivity contribution in [2.45, 2.75) is 13.5 Å². The molecule has 0 N–H and O–H groups in total. The summed E-state index contributed by atoms with van der Waals surface area (Å²) in [5.41, 5.74) is 2.42. The minimum absolute atomic E-state index is 0.246. The maximum atomic E-state index is 12.8. The summed E-state index contributed by atoms with van der Waals surface area (Å²) in [5.74, 6) is 0.442. The van der Waals surface area contributed by atoms with Crippen molar-refractivity contribution in [1.29, 1.82) is 0 Å². The highest BCUT2D eigenvalue weighted by Crippen LogP contribution is 2.28. The molecule has 0 fully saturated rings. The zero-order chi connectivity index (χ0) is 13.2. The molecule has 0 amide bonds. The molecule has 2 aromatic carbocycles. The Morgan fingerprint density at radius 1 is 1.11 bits per heavy atom. The van der Waals surface area contributed by atoms with Crippen LogP contribution in [0.4, 0.5) is 4.39 Å². The first-order valence-corrected chi connectivity index (χ1v) is 6.95. The van der Waals surface area contributed by atoms with E-state index < -0.39 is 0 Å². The SMILES string of the molecule is Cc1ccc2scc(COc3ccc(F)cc3)c2c1. The first-order chi connectivity index (χ1) is 9.22. The number of fused-ring (bicyclic) bond motifs is 1. The van der Waals surface area contributed by atoms with E-state index in [1.165, 1.54) is 33.3 Å². The number of thiophene rings is 1. The van der Waals surface area contributed by atoms with Gasteiger partial charge in [0.25, 0.3) is 0 Å². The summed E-state index contributed by atoms with van der Waals surface area (Å²) in [6, 6.07) is 12.5. The van der Waals surface area contributed by atoms with Crippen LogP contribution in [0.3, 0.4) is 0 Å². The minimum Gasteiger partial charge on any atom is -0.489 e. The van der Waals surface area contributed by atoms with Crippen LogP contribution in [0.25, 0.3) is 10.1 Å². The molecule has 0 unspecified atom stereocenters.